The Bertz CT molecular complexity index is 838. The number of alkyl halides is 3. The summed E-state index contributed by atoms with van der Waals surface area (Å²) in [5.74, 6) is -1.64. The molecule has 0 unspecified atom stereocenters. The molecular formula is C20H15ClF2NOP. The fourth-order valence-corrected chi connectivity index (χ4v) is 6.30. The van der Waals surface area contributed by atoms with Crippen molar-refractivity contribution in [2.24, 2.45) is 4.74 Å². The lowest BCUT2D eigenvalue weighted by Gasteiger charge is -2.26. The molecule has 0 radical (unpaired) electrons. The molecule has 0 aliphatic carbocycles. The quantitative estimate of drug-likeness (QED) is 0.476. The first-order chi connectivity index (χ1) is 12.4. The topological polar surface area (TPSA) is 29.4 Å². The minimum Gasteiger partial charge on any atom is -0.264 e. The van der Waals surface area contributed by atoms with Crippen molar-refractivity contribution >= 4 is 40.5 Å². The van der Waals surface area contributed by atoms with Gasteiger partial charge in [-0.1, -0.05) is 91.0 Å². The van der Waals surface area contributed by atoms with Gasteiger partial charge in [0.05, 0.1) is 7.05 Å². The van der Waals surface area contributed by atoms with Crippen molar-refractivity contribution in [2.45, 2.75) is 5.38 Å². The Kier molecular flexibility index (Phi) is 5.36. The molecule has 0 saturated carbocycles. The third kappa shape index (κ3) is 3.62. The van der Waals surface area contributed by atoms with Gasteiger partial charge in [0.15, 0.2) is 0 Å². The average Bonchev–Trinajstić information content (AvgIpc) is 2.67. The molecule has 3 aromatic rings. The van der Waals surface area contributed by atoms with Crippen molar-refractivity contribution in [3.05, 3.63) is 91.0 Å². The van der Waals surface area contributed by atoms with Crippen LogP contribution in [0.25, 0.3) is 0 Å². The molecule has 26 heavy (non-hydrogen) atoms. The first-order valence-electron chi connectivity index (χ1n) is 7.85. The molecule has 3 aromatic carbocycles. The fraction of sp³-hybridized carbons (Fsp3) is 0.0500. The molecule has 0 saturated heterocycles. The summed E-state index contributed by atoms with van der Waals surface area (Å²) in [6, 6.07) is 27.1. The summed E-state index contributed by atoms with van der Waals surface area (Å²) in [5.41, 5.74) is 0. The molecule has 132 valence electrons. The number of halogens is 3. The summed E-state index contributed by atoms with van der Waals surface area (Å²) >= 11 is 4.99. The van der Waals surface area contributed by atoms with Gasteiger partial charge in [-0.15, -0.1) is 0 Å². The summed E-state index contributed by atoms with van der Waals surface area (Å²) < 4.78 is 31.1. The molecule has 0 fully saturated rings. The van der Waals surface area contributed by atoms with Crippen LogP contribution in [-0.4, -0.2) is 11.3 Å². The van der Waals surface area contributed by atoms with Crippen LogP contribution in [0.15, 0.2) is 95.7 Å². The van der Waals surface area contributed by atoms with Gasteiger partial charge < -0.3 is 0 Å². The van der Waals surface area contributed by atoms with E-state index in [0.717, 1.165) is 0 Å². The van der Waals surface area contributed by atoms with E-state index in [-0.39, 0.29) is 0 Å². The summed E-state index contributed by atoms with van der Waals surface area (Å²) in [6.45, 7) is 0. The summed E-state index contributed by atoms with van der Waals surface area (Å²) in [4.78, 5) is 12.2. The number of nitrogens with zero attached hydrogens (tertiary/aromatic N) is 1. The van der Waals surface area contributed by atoms with Crippen LogP contribution in [0.1, 0.15) is 0 Å². The van der Waals surface area contributed by atoms with Crippen LogP contribution in [0.4, 0.5) is 8.78 Å². The monoisotopic (exact) mass is 389 g/mol. The van der Waals surface area contributed by atoms with Gasteiger partial charge in [-0.2, -0.15) is 8.78 Å². The molecular weight excluding hydrogens is 375 g/mol. The van der Waals surface area contributed by atoms with Gasteiger partial charge in [0.25, 0.3) is 0 Å². The SMILES string of the molecule is O=C(N=P(c1ccccc1)(c1ccccc1)c1ccccc1)C(F)(F)Cl. The highest BCUT2D eigenvalue weighted by molar-refractivity contribution is 7.87. The molecule has 2 nitrogen and oxygen atoms in total. The summed E-state index contributed by atoms with van der Waals surface area (Å²) in [6.07, 6.45) is 0. The molecule has 3 rings (SSSR count). The van der Waals surface area contributed by atoms with Gasteiger partial charge >= 0.3 is 11.3 Å². The number of carbonyl (C=O) groups excluding carboxylic acids is 1. The van der Waals surface area contributed by atoms with Crippen LogP contribution < -0.4 is 15.9 Å². The standard InChI is InChI=1S/C20H15ClF2NOP/c21-20(22,23)19(25)24-26(16-10-4-1-5-11-16,17-12-6-2-7-13-17)18-14-8-3-9-15-18/h1-15H. The zero-order valence-electron chi connectivity index (χ0n) is 13.6. The van der Waals surface area contributed by atoms with Crippen LogP contribution in [-0.2, 0) is 4.79 Å². The van der Waals surface area contributed by atoms with Crippen LogP contribution in [0.5, 0.6) is 0 Å². The van der Waals surface area contributed by atoms with Crippen molar-refractivity contribution in [3.63, 3.8) is 0 Å². The van der Waals surface area contributed by atoms with E-state index in [9.17, 15) is 13.6 Å². The average molecular weight is 390 g/mol. The highest BCUT2D eigenvalue weighted by Crippen LogP contribution is 2.47. The first kappa shape index (κ1) is 18.5. The number of hydrogen-bond acceptors (Lipinski definition) is 1. The van der Waals surface area contributed by atoms with Crippen molar-refractivity contribution < 1.29 is 13.6 Å². The summed E-state index contributed by atoms with van der Waals surface area (Å²) in [7, 11) is -2.99. The highest BCUT2D eigenvalue weighted by Gasteiger charge is 2.39. The van der Waals surface area contributed by atoms with Gasteiger partial charge in [-0.05, 0) is 11.6 Å². The van der Waals surface area contributed by atoms with Crippen LogP contribution >= 0.6 is 18.7 Å². The maximum absolute atomic E-state index is 13.5. The predicted octanol–water partition coefficient (Wildman–Crippen LogP) is 4.52. The maximum Gasteiger partial charge on any atom is 0.401 e. The molecule has 0 atom stereocenters. The zero-order valence-corrected chi connectivity index (χ0v) is 15.2. The third-order valence-electron chi connectivity index (χ3n) is 3.87. The molecule has 0 N–H and O–H groups in total. The zero-order chi connectivity index (χ0) is 18.6. The van der Waals surface area contributed by atoms with E-state index < -0.39 is 18.3 Å². The molecule has 0 aliphatic rings. The smallest absolute Gasteiger partial charge is 0.264 e. The molecule has 0 spiro atoms. The van der Waals surface area contributed by atoms with Crippen LogP contribution in [0.3, 0.4) is 0 Å². The highest BCUT2D eigenvalue weighted by atomic mass is 35.5. The van der Waals surface area contributed by atoms with Gasteiger partial charge in [-0.25, -0.2) is 4.74 Å². The Morgan fingerprint density at radius 1 is 0.731 bits per heavy atom. The minimum atomic E-state index is -4.05. The second kappa shape index (κ2) is 7.53. The lowest BCUT2D eigenvalue weighted by Crippen LogP contribution is -2.28. The van der Waals surface area contributed by atoms with E-state index in [4.69, 9.17) is 11.6 Å². The number of amides is 1. The van der Waals surface area contributed by atoms with E-state index in [1.165, 1.54) is 0 Å². The van der Waals surface area contributed by atoms with Gasteiger partial charge in [0.1, 0.15) is 0 Å². The van der Waals surface area contributed by atoms with Crippen molar-refractivity contribution in [1.82, 2.24) is 0 Å². The number of rotatable bonds is 4. The Labute approximate surface area is 155 Å². The van der Waals surface area contributed by atoms with E-state index in [0.29, 0.717) is 15.9 Å². The van der Waals surface area contributed by atoms with Gasteiger partial charge in [-0.3, -0.25) is 4.79 Å². The first-order valence-corrected chi connectivity index (χ1v) is 9.97. The normalized spacial score (nSPS) is 11.8. The van der Waals surface area contributed by atoms with E-state index in [1.54, 1.807) is 72.8 Å². The van der Waals surface area contributed by atoms with E-state index >= 15 is 0 Å². The molecule has 1 amide bonds. The van der Waals surface area contributed by atoms with Crippen LogP contribution in [0, 0.1) is 0 Å². The maximum atomic E-state index is 13.5. The lowest BCUT2D eigenvalue weighted by molar-refractivity contribution is -0.131. The second-order valence-electron chi connectivity index (χ2n) is 5.54. The largest absolute Gasteiger partial charge is 0.401 e. The third-order valence-corrected chi connectivity index (χ3v) is 7.65. The predicted molar refractivity (Wildman–Crippen MR) is 103 cm³/mol. The number of carbonyl (C=O) groups is 1. The molecule has 0 heterocycles. The minimum absolute atomic E-state index is 0.701. The fourth-order valence-electron chi connectivity index (χ4n) is 2.74. The molecule has 6 heteroatoms. The lowest BCUT2D eigenvalue weighted by atomic mass is 10.4. The van der Waals surface area contributed by atoms with Crippen LogP contribution in [0.2, 0.25) is 0 Å². The van der Waals surface area contributed by atoms with Gasteiger partial charge in [0.2, 0.25) is 0 Å². The van der Waals surface area contributed by atoms with E-state index in [2.05, 4.69) is 4.74 Å². The summed E-state index contributed by atoms with van der Waals surface area (Å²) in [5, 5.41) is -1.95. The second-order valence-corrected chi connectivity index (χ2v) is 9.04. The Balaban J connectivity index is 2.44. The van der Waals surface area contributed by atoms with Crippen molar-refractivity contribution in [2.75, 3.05) is 0 Å². The molecule has 0 bridgehead atoms. The molecule has 0 aromatic heterocycles. The number of hydrogen-bond donors (Lipinski definition) is 0. The Morgan fingerprint density at radius 3 is 1.31 bits per heavy atom. The molecule has 0 aliphatic heterocycles. The van der Waals surface area contributed by atoms with Gasteiger partial charge in [0, 0.05) is 15.9 Å². The van der Waals surface area contributed by atoms with E-state index in [1.807, 2.05) is 18.2 Å². The van der Waals surface area contributed by atoms with Crippen molar-refractivity contribution in [3.8, 4) is 0 Å². The number of benzene rings is 3. The van der Waals surface area contributed by atoms with Crippen molar-refractivity contribution in [1.29, 1.82) is 0 Å². The Morgan fingerprint density at radius 2 is 1.04 bits per heavy atom. The Hall–Kier alpha value is -2.29.